The fourth-order valence-electron chi connectivity index (χ4n) is 1.69. The lowest BCUT2D eigenvalue weighted by Gasteiger charge is -2.23. The Balaban J connectivity index is 2.95. The Morgan fingerprint density at radius 3 is 2.50 bits per heavy atom. The maximum absolute atomic E-state index is 11.9. The van der Waals surface area contributed by atoms with Gasteiger partial charge in [-0.2, -0.15) is 0 Å². The van der Waals surface area contributed by atoms with Crippen LogP contribution < -0.4 is 0 Å². The van der Waals surface area contributed by atoms with Crippen LogP contribution in [0.4, 0.5) is 0 Å². The Morgan fingerprint density at radius 1 is 1.50 bits per heavy atom. The average molecular weight is 400 g/mol. The van der Waals surface area contributed by atoms with Gasteiger partial charge in [-0.15, -0.1) is 11.3 Å². The van der Waals surface area contributed by atoms with E-state index in [0.29, 0.717) is 6.61 Å². The lowest BCUT2D eigenvalue weighted by Crippen LogP contribution is -2.28. The summed E-state index contributed by atoms with van der Waals surface area (Å²) >= 11 is 8.17. The van der Waals surface area contributed by atoms with Crippen LogP contribution in [0.3, 0.4) is 0 Å². The minimum absolute atomic E-state index is 0.0127. The molecule has 3 nitrogen and oxygen atoms in total. The Hall–Kier alpha value is 0.0900. The van der Waals surface area contributed by atoms with E-state index in [1.165, 1.54) is 11.3 Å². The molecule has 1 rings (SSSR count). The molecule has 0 aliphatic heterocycles. The first-order valence-corrected chi connectivity index (χ1v) is 8.08. The van der Waals surface area contributed by atoms with E-state index in [0.717, 1.165) is 13.1 Å². The van der Waals surface area contributed by atoms with E-state index in [2.05, 4.69) is 31.9 Å². The zero-order valence-electron chi connectivity index (χ0n) is 10.4. The third kappa shape index (κ3) is 3.79. The van der Waals surface area contributed by atoms with Crippen LogP contribution in [-0.2, 0) is 9.53 Å². The summed E-state index contributed by atoms with van der Waals surface area (Å²) in [7, 11) is 0. The van der Waals surface area contributed by atoms with Crippen LogP contribution in [0.25, 0.3) is 0 Å². The summed E-state index contributed by atoms with van der Waals surface area (Å²) in [5.41, 5.74) is 0. The van der Waals surface area contributed by atoms with E-state index in [1.54, 1.807) is 6.92 Å². The summed E-state index contributed by atoms with van der Waals surface area (Å²) in [5, 5.41) is 10.4. The number of ether oxygens (including phenoxy) is 1. The molecule has 0 radical (unpaired) electrons. The van der Waals surface area contributed by atoms with Gasteiger partial charge in [-0.25, -0.2) is 0 Å². The molecular formula is C12H16Br2O3S. The van der Waals surface area contributed by atoms with Gasteiger partial charge in [-0.05, 0) is 50.8 Å². The van der Waals surface area contributed by atoms with Crippen molar-refractivity contribution in [2.24, 2.45) is 11.8 Å². The van der Waals surface area contributed by atoms with Crippen LogP contribution in [0.15, 0.2) is 14.3 Å². The van der Waals surface area contributed by atoms with Crippen molar-refractivity contribution in [3.8, 4) is 0 Å². The normalized spacial score (nSPS) is 14.6. The lowest BCUT2D eigenvalue weighted by molar-refractivity contribution is -0.154. The minimum atomic E-state index is -0.836. The summed E-state index contributed by atoms with van der Waals surface area (Å²) < 4.78 is 6.82. The highest BCUT2D eigenvalue weighted by Gasteiger charge is 2.33. The van der Waals surface area contributed by atoms with Gasteiger partial charge in [0.1, 0.15) is 6.10 Å². The number of rotatable bonds is 5. The van der Waals surface area contributed by atoms with Gasteiger partial charge in [0.2, 0.25) is 0 Å². The molecule has 0 aromatic carbocycles. The van der Waals surface area contributed by atoms with Crippen LogP contribution in [-0.4, -0.2) is 17.7 Å². The molecule has 1 aromatic heterocycles. The van der Waals surface area contributed by atoms with E-state index >= 15 is 0 Å². The fraction of sp³-hybridized carbons (Fsp3) is 0.583. The van der Waals surface area contributed by atoms with Crippen molar-refractivity contribution in [3.05, 3.63) is 19.2 Å². The summed E-state index contributed by atoms with van der Waals surface area (Å²) in [6.45, 7) is 5.90. The van der Waals surface area contributed by atoms with Crippen LogP contribution in [0.2, 0.25) is 0 Å². The number of aliphatic hydroxyl groups excluding tert-OH is 1. The van der Waals surface area contributed by atoms with Crippen molar-refractivity contribution < 1.29 is 14.6 Å². The first-order valence-electron chi connectivity index (χ1n) is 5.67. The molecule has 0 fully saturated rings. The molecule has 1 N–H and O–H groups in total. The second kappa shape index (κ2) is 7.03. The average Bonchev–Trinajstić information content (AvgIpc) is 2.59. The second-order valence-corrected chi connectivity index (χ2v) is 7.49. The molecule has 18 heavy (non-hydrogen) atoms. The first kappa shape index (κ1) is 16.1. The van der Waals surface area contributed by atoms with Crippen molar-refractivity contribution >= 4 is 49.2 Å². The fourth-order valence-corrected chi connectivity index (χ4v) is 3.81. The van der Waals surface area contributed by atoms with Gasteiger partial charge in [-0.3, -0.25) is 4.79 Å². The first-order chi connectivity index (χ1) is 8.38. The molecule has 0 spiro atoms. The molecule has 0 saturated carbocycles. The van der Waals surface area contributed by atoms with E-state index in [-0.39, 0.29) is 11.9 Å². The number of hydrogen-bond acceptors (Lipinski definition) is 4. The number of esters is 1. The maximum Gasteiger partial charge on any atom is 0.312 e. The van der Waals surface area contributed by atoms with Gasteiger partial charge in [-0.1, -0.05) is 13.8 Å². The van der Waals surface area contributed by atoms with Crippen LogP contribution in [0, 0.1) is 11.8 Å². The molecule has 6 heteroatoms. The van der Waals surface area contributed by atoms with E-state index in [4.69, 9.17) is 4.74 Å². The Bertz CT molecular complexity index is 398. The zero-order valence-corrected chi connectivity index (χ0v) is 14.4. The molecule has 1 heterocycles. The smallest absolute Gasteiger partial charge is 0.312 e. The molecule has 1 aromatic rings. The van der Waals surface area contributed by atoms with Gasteiger partial charge in [0.15, 0.2) is 0 Å². The summed E-state index contributed by atoms with van der Waals surface area (Å²) in [4.78, 5) is 12.6. The quantitative estimate of drug-likeness (QED) is 0.756. The Morgan fingerprint density at radius 2 is 2.11 bits per heavy atom. The Kier molecular flexibility index (Phi) is 6.30. The predicted octanol–water partition coefficient (Wildman–Crippen LogP) is 4.14. The van der Waals surface area contributed by atoms with E-state index in [9.17, 15) is 9.90 Å². The largest absolute Gasteiger partial charge is 0.466 e. The monoisotopic (exact) mass is 398 g/mol. The van der Waals surface area contributed by atoms with Crippen molar-refractivity contribution in [1.29, 1.82) is 0 Å². The third-order valence-electron chi connectivity index (χ3n) is 2.57. The van der Waals surface area contributed by atoms with Crippen molar-refractivity contribution in [2.75, 3.05) is 6.61 Å². The van der Waals surface area contributed by atoms with Crippen LogP contribution in [0.5, 0.6) is 0 Å². The SMILES string of the molecule is CCOC(=O)C(C(C)C)C(O)c1cc(Br)c(Br)s1. The molecular weight excluding hydrogens is 384 g/mol. The molecule has 2 atom stereocenters. The molecule has 0 amide bonds. The standard InChI is InChI=1S/C12H16Br2O3S/c1-4-17-12(16)9(6(2)3)10(15)8-5-7(13)11(14)18-8/h5-6,9-10,15H,4H2,1-3H3. The number of thiophene rings is 1. The molecule has 0 saturated heterocycles. The number of aliphatic hydroxyl groups is 1. The third-order valence-corrected chi connectivity index (χ3v) is 5.90. The number of carbonyl (C=O) groups is 1. The topological polar surface area (TPSA) is 46.5 Å². The second-order valence-electron chi connectivity index (χ2n) is 4.24. The predicted molar refractivity (Wildman–Crippen MR) is 79.6 cm³/mol. The molecule has 2 unspecified atom stereocenters. The van der Waals surface area contributed by atoms with Crippen LogP contribution >= 0.6 is 43.2 Å². The van der Waals surface area contributed by atoms with Gasteiger partial charge < -0.3 is 9.84 Å². The number of hydrogen-bond donors (Lipinski definition) is 1. The molecule has 0 aliphatic carbocycles. The van der Waals surface area contributed by atoms with Crippen molar-refractivity contribution in [3.63, 3.8) is 0 Å². The van der Waals surface area contributed by atoms with Gasteiger partial charge in [0.25, 0.3) is 0 Å². The van der Waals surface area contributed by atoms with Gasteiger partial charge in [0.05, 0.1) is 16.3 Å². The van der Waals surface area contributed by atoms with Crippen molar-refractivity contribution in [1.82, 2.24) is 0 Å². The number of halogens is 2. The van der Waals surface area contributed by atoms with E-state index < -0.39 is 12.0 Å². The summed E-state index contributed by atoms with van der Waals surface area (Å²) in [6, 6.07) is 1.83. The van der Waals surface area contributed by atoms with Gasteiger partial charge in [0, 0.05) is 9.35 Å². The number of carbonyl (C=O) groups excluding carboxylic acids is 1. The maximum atomic E-state index is 11.9. The highest BCUT2D eigenvalue weighted by Crippen LogP contribution is 2.39. The highest BCUT2D eigenvalue weighted by atomic mass is 79.9. The molecule has 0 aliphatic rings. The zero-order chi connectivity index (χ0) is 13.9. The summed E-state index contributed by atoms with van der Waals surface area (Å²) in [5.74, 6) is -0.873. The lowest BCUT2D eigenvalue weighted by atomic mass is 9.89. The van der Waals surface area contributed by atoms with Gasteiger partial charge >= 0.3 is 5.97 Å². The van der Waals surface area contributed by atoms with E-state index in [1.807, 2.05) is 19.9 Å². The van der Waals surface area contributed by atoms with Crippen LogP contribution in [0.1, 0.15) is 31.8 Å². The summed E-state index contributed by atoms with van der Waals surface area (Å²) in [6.07, 6.45) is -0.836. The molecule has 0 bridgehead atoms. The Labute approximate surface area is 128 Å². The highest BCUT2D eigenvalue weighted by molar-refractivity contribution is 9.13. The minimum Gasteiger partial charge on any atom is -0.466 e. The molecule has 102 valence electrons. The van der Waals surface area contributed by atoms with Crippen molar-refractivity contribution in [2.45, 2.75) is 26.9 Å².